The van der Waals surface area contributed by atoms with Gasteiger partial charge in [0.2, 0.25) is 0 Å². The Balaban J connectivity index is 1.96. The maximum atomic E-state index is 4.49. The normalized spacial score (nSPS) is 10.7. The van der Waals surface area contributed by atoms with Crippen molar-refractivity contribution < 1.29 is 0 Å². The van der Waals surface area contributed by atoms with Gasteiger partial charge in [0.25, 0.3) is 0 Å². The fourth-order valence-corrected chi connectivity index (χ4v) is 2.89. The van der Waals surface area contributed by atoms with E-state index in [2.05, 4.69) is 62.0 Å². The summed E-state index contributed by atoms with van der Waals surface area (Å²) in [5.41, 5.74) is 6.69. The van der Waals surface area contributed by atoms with E-state index in [0.717, 1.165) is 25.8 Å². The topological polar surface area (TPSA) is 16.1 Å². The first kappa shape index (κ1) is 16.5. The highest BCUT2D eigenvalue weighted by Crippen LogP contribution is 2.22. The van der Waals surface area contributed by atoms with Crippen LogP contribution in [0.1, 0.15) is 42.1 Å². The van der Waals surface area contributed by atoms with Gasteiger partial charge < -0.3 is 4.90 Å². The van der Waals surface area contributed by atoms with Gasteiger partial charge in [-0.25, -0.2) is 0 Å². The van der Waals surface area contributed by atoms with Gasteiger partial charge in [-0.3, -0.25) is 4.98 Å². The van der Waals surface area contributed by atoms with Crippen LogP contribution >= 0.6 is 0 Å². The lowest BCUT2D eigenvalue weighted by molar-refractivity contribution is 0.764. The van der Waals surface area contributed by atoms with Crippen molar-refractivity contribution in [3.05, 3.63) is 58.9 Å². The molecule has 0 saturated carbocycles. The molecule has 2 nitrogen and oxygen atoms in total. The minimum atomic E-state index is 1.05. The molecule has 0 radical (unpaired) electrons. The number of aromatic nitrogens is 1. The fourth-order valence-electron chi connectivity index (χ4n) is 2.89. The van der Waals surface area contributed by atoms with Gasteiger partial charge in [0.1, 0.15) is 0 Å². The Morgan fingerprint density at radius 2 is 1.86 bits per heavy atom. The van der Waals surface area contributed by atoms with Gasteiger partial charge in [-0.2, -0.15) is 0 Å². The van der Waals surface area contributed by atoms with Crippen molar-refractivity contribution in [1.82, 2.24) is 4.98 Å². The van der Waals surface area contributed by atoms with E-state index in [1.54, 1.807) is 0 Å². The second-order valence-electron chi connectivity index (χ2n) is 6.16. The number of hydrogen-bond donors (Lipinski definition) is 0. The van der Waals surface area contributed by atoms with Gasteiger partial charge >= 0.3 is 0 Å². The minimum Gasteiger partial charge on any atom is -0.374 e. The van der Waals surface area contributed by atoms with E-state index in [4.69, 9.17) is 0 Å². The van der Waals surface area contributed by atoms with Crippen LogP contribution in [0.15, 0.2) is 36.5 Å². The third-order valence-corrected chi connectivity index (χ3v) is 4.25. The van der Waals surface area contributed by atoms with Crippen LogP contribution in [-0.4, -0.2) is 18.6 Å². The molecule has 0 amide bonds. The van der Waals surface area contributed by atoms with Crippen LogP contribution in [0.5, 0.6) is 0 Å². The monoisotopic (exact) mass is 296 g/mol. The average molecular weight is 296 g/mol. The smallest absolute Gasteiger partial charge is 0.0433 e. The van der Waals surface area contributed by atoms with E-state index < -0.39 is 0 Å². The van der Waals surface area contributed by atoms with Gasteiger partial charge in [0, 0.05) is 31.2 Å². The number of anilines is 1. The van der Waals surface area contributed by atoms with Crippen molar-refractivity contribution in [2.45, 2.75) is 46.5 Å². The zero-order chi connectivity index (χ0) is 15.9. The Labute approximate surface area is 135 Å². The fraction of sp³-hybridized carbons (Fsp3) is 0.450. The van der Waals surface area contributed by atoms with Crippen LogP contribution in [0.4, 0.5) is 5.69 Å². The highest BCUT2D eigenvalue weighted by molar-refractivity contribution is 5.54. The first-order valence-corrected chi connectivity index (χ1v) is 8.33. The Kier molecular flexibility index (Phi) is 6.00. The number of rotatable bonds is 7. The maximum absolute atomic E-state index is 4.49. The van der Waals surface area contributed by atoms with Crippen molar-refractivity contribution in [3.8, 4) is 0 Å². The molecule has 2 rings (SSSR count). The molecule has 0 spiro atoms. The summed E-state index contributed by atoms with van der Waals surface area (Å²) in [6.07, 6.45) is 6.43. The molecule has 0 atom stereocenters. The summed E-state index contributed by atoms with van der Waals surface area (Å²) in [6.45, 7) is 7.64. The summed E-state index contributed by atoms with van der Waals surface area (Å²) >= 11 is 0. The van der Waals surface area contributed by atoms with Crippen molar-refractivity contribution >= 4 is 5.69 Å². The molecule has 0 aliphatic heterocycles. The van der Waals surface area contributed by atoms with Crippen LogP contribution in [0.2, 0.25) is 0 Å². The molecule has 1 aromatic carbocycles. The molecule has 0 N–H and O–H groups in total. The van der Waals surface area contributed by atoms with Crippen molar-refractivity contribution in [1.29, 1.82) is 0 Å². The molecule has 0 fully saturated rings. The molecule has 1 aromatic heterocycles. The quantitative estimate of drug-likeness (QED) is 0.735. The highest BCUT2D eigenvalue weighted by Gasteiger charge is 2.07. The van der Waals surface area contributed by atoms with E-state index in [1.165, 1.54) is 34.5 Å². The number of aryl methyl sites for hydroxylation is 4. The van der Waals surface area contributed by atoms with E-state index in [9.17, 15) is 0 Å². The van der Waals surface area contributed by atoms with Crippen LogP contribution in [-0.2, 0) is 12.8 Å². The third kappa shape index (κ3) is 4.33. The summed E-state index contributed by atoms with van der Waals surface area (Å²) in [4.78, 5) is 6.87. The first-order chi connectivity index (χ1) is 10.6. The van der Waals surface area contributed by atoms with Crippen LogP contribution in [0.3, 0.4) is 0 Å². The lowest BCUT2D eigenvalue weighted by atomic mass is 10.1. The van der Waals surface area contributed by atoms with E-state index in [-0.39, 0.29) is 0 Å². The SMILES string of the molecule is CCCc1ccc(C)c(N(C)CCCc2ncccc2C)c1. The molecule has 1 heterocycles. The molecule has 0 aliphatic rings. The second kappa shape index (κ2) is 7.98. The Morgan fingerprint density at radius 3 is 2.59 bits per heavy atom. The zero-order valence-electron chi connectivity index (χ0n) is 14.4. The van der Waals surface area contributed by atoms with Crippen LogP contribution < -0.4 is 4.90 Å². The van der Waals surface area contributed by atoms with Gasteiger partial charge in [-0.1, -0.05) is 31.5 Å². The summed E-state index contributed by atoms with van der Waals surface area (Å²) in [5, 5.41) is 0. The highest BCUT2D eigenvalue weighted by atomic mass is 15.1. The summed E-state index contributed by atoms with van der Waals surface area (Å²) < 4.78 is 0. The Hall–Kier alpha value is -1.83. The Bertz CT molecular complexity index is 604. The van der Waals surface area contributed by atoms with E-state index in [0.29, 0.717) is 0 Å². The largest absolute Gasteiger partial charge is 0.374 e. The minimum absolute atomic E-state index is 1.05. The molecule has 22 heavy (non-hydrogen) atoms. The van der Waals surface area contributed by atoms with Crippen LogP contribution in [0.25, 0.3) is 0 Å². The molecule has 0 bridgehead atoms. The summed E-state index contributed by atoms with van der Waals surface area (Å²) in [7, 11) is 2.20. The predicted molar refractivity (Wildman–Crippen MR) is 95.7 cm³/mol. The van der Waals surface area contributed by atoms with E-state index >= 15 is 0 Å². The Morgan fingerprint density at radius 1 is 1.05 bits per heavy atom. The number of benzene rings is 1. The van der Waals surface area contributed by atoms with Gasteiger partial charge in [0.15, 0.2) is 0 Å². The molecule has 0 aliphatic carbocycles. The number of nitrogens with zero attached hydrogens (tertiary/aromatic N) is 2. The lowest BCUT2D eigenvalue weighted by Gasteiger charge is -2.22. The van der Waals surface area contributed by atoms with Crippen molar-refractivity contribution in [3.63, 3.8) is 0 Å². The van der Waals surface area contributed by atoms with Crippen LogP contribution in [0, 0.1) is 13.8 Å². The molecular formula is C20H28N2. The summed E-state index contributed by atoms with van der Waals surface area (Å²) in [6, 6.07) is 11.0. The third-order valence-electron chi connectivity index (χ3n) is 4.25. The van der Waals surface area contributed by atoms with Gasteiger partial charge in [0.05, 0.1) is 0 Å². The predicted octanol–water partition coefficient (Wildman–Crippen LogP) is 4.72. The molecule has 118 valence electrons. The lowest BCUT2D eigenvalue weighted by Crippen LogP contribution is -2.20. The van der Waals surface area contributed by atoms with E-state index in [1.807, 2.05) is 12.3 Å². The summed E-state index contributed by atoms with van der Waals surface area (Å²) in [5.74, 6) is 0. The number of hydrogen-bond acceptors (Lipinski definition) is 2. The van der Waals surface area contributed by atoms with Crippen molar-refractivity contribution in [2.75, 3.05) is 18.5 Å². The molecular weight excluding hydrogens is 268 g/mol. The zero-order valence-corrected chi connectivity index (χ0v) is 14.4. The standard InChI is InChI=1S/C20H28N2/c1-5-8-18-12-11-17(3)20(15-18)22(4)14-7-10-19-16(2)9-6-13-21-19/h6,9,11-13,15H,5,7-8,10,14H2,1-4H3. The average Bonchev–Trinajstić information content (AvgIpc) is 2.51. The maximum Gasteiger partial charge on any atom is 0.0433 e. The number of pyridine rings is 1. The molecule has 0 saturated heterocycles. The van der Waals surface area contributed by atoms with Gasteiger partial charge in [-0.15, -0.1) is 0 Å². The molecule has 2 aromatic rings. The van der Waals surface area contributed by atoms with Crippen molar-refractivity contribution in [2.24, 2.45) is 0 Å². The first-order valence-electron chi connectivity index (χ1n) is 8.33. The molecule has 2 heteroatoms. The second-order valence-corrected chi connectivity index (χ2v) is 6.16. The van der Waals surface area contributed by atoms with Gasteiger partial charge in [-0.05, 0) is 61.9 Å². The molecule has 0 unspecified atom stereocenters.